The van der Waals surface area contributed by atoms with Gasteiger partial charge in [0.1, 0.15) is 5.75 Å². The number of phenolic OH excluding ortho intramolecular Hbond substituents is 1. The third kappa shape index (κ3) is 5.38. The number of amides is 1. The predicted molar refractivity (Wildman–Crippen MR) is 124 cm³/mol. The van der Waals surface area contributed by atoms with Crippen LogP contribution in [0.4, 0.5) is 0 Å². The fraction of sp³-hybridized carbons (Fsp3) is 0.731. The first-order chi connectivity index (χ1) is 14.0. The van der Waals surface area contributed by atoms with Crippen LogP contribution in [0.25, 0.3) is 0 Å². The highest BCUT2D eigenvalue weighted by atomic mass is 16.3. The topological polar surface area (TPSA) is 43.8 Å². The number of hydrogen-bond donors (Lipinski definition) is 1. The molecule has 0 atom stereocenters. The van der Waals surface area contributed by atoms with Gasteiger partial charge in [0.2, 0.25) is 5.91 Å². The number of likely N-dealkylation sites (tertiary alicyclic amines) is 2. The van der Waals surface area contributed by atoms with Crippen LogP contribution in [0, 0.1) is 5.92 Å². The molecule has 2 saturated heterocycles. The number of carbonyl (C=O) groups excluding carboxylic acids is 1. The van der Waals surface area contributed by atoms with E-state index in [4.69, 9.17) is 0 Å². The lowest BCUT2D eigenvalue weighted by Gasteiger charge is -2.36. The zero-order valence-electron chi connectivity index (χ0n) is 20.1. The molecule has 2 aliphatic rings. The Hall–Kier alpha value is -1.55. The summed E-state index contributed by atoms with van der Waals surface area (Å²) in [5.74, 6) is 1.04. The molecular formula is C26H42N2O2. The Bertz CT molecular complexity index is 708. The molecule has 0 radical (unpaired) electrons. The Balaban J connectivity index is 1.69. The van der Waals surface area contributed by atoms with E-state index in [2.05, 4.69) is 63.5 Å². The smallest absolute Gasteiger partial charge is 0.225 e. The van der Waals surface area contributed by atoms with Crippen LogP contribution in [0.1, 0.15) is 90.3 Å². The minimum absolute atomic E-state index is 0.103. The summed E-state index contributed by atoms with van der Waals surface area (Å²) in [6, 6.07) is 4.38. The minimum Gasteiger partial charge on any atom is -0.507 e. The molecule has 2 aliphatic heterocycles. The number of hydrogen-bond acceptors (Lipinski definition) is 3. The van der Waals surface area contributed by atoms with E-state index >= 15 is 0 Å². The molecule has 1 N–H and O–H groups in total. The van der Waals surface area contributed by atoms with E-state index in [1.807, 2.05) is 0 Å². The van der Waals surface area contributed by atoms with Crippen molar-refractivity contribution in [3.8, 4) is 5.75 Å². The maximum absolute atomic E-state index is 12.8. The molecule has 3 rings (SSSR count). The summed E-state index contributed by atoms with van der Waals surface area (Å²) in [5, 5.41) is 11.0. The third-order valence-corrected chi connectivity index (χ3v) is 6.80. The quantitative estimate of drug-likeness (QED) is 0.738. The van der Waals surface area contributed by atoms with Crippen LogP contribution in [-0.2, 0) is 22.2 Å². The summed E-state index contributed by atoms with van der Waals surface area (Å²) < 4.78 is 0. The SMILES string of the molecule is CC(C)(C)c1cc(CN2CCC(C(=O)N3CCCCC3)CC2)cc(C(C)(C)C)c1O. The van der Waals surface area contributed by atoms with Gasteiger partial charge in [0.25, 0.3) is 0 Å². The second-order valence-electron chi connectivity index (χ2n) is 11.5. The first kappa shape index (κ1) is 23.1. The fourth-order valence-electron chi connectivity index (χ4n) is 4.90. The van der Waals surface area contributed by atoms with Gasteiger partial charge in [-0.3, -0.25) is 9.69 Å². The molecule has 2 fully saturated rings. The van der Waals surface area contributed by atoms with E-state index in [0.717, 1.165) is 69.5 Å². The van der Waals surface area contributed by atoms with Crippen molar-refractivity contribution in [3.63, 3.8) is 0 Å². The number of piperidine rings is 2. The Morgan fingerprint density at radius 1 is 0.900 bits per heavy atom. The number of phenols is 1. The maximum atomic E-state index is 12.8. The normalized spacial score (nSPS) is 19.9. The molecular weight excluding hydrogens is 372 g/mol. The lowest BCUT2D eigenvalue weighted by atomic mass is 9.78. The average molecular weight is 415 g/mol. The summed E-state index contributed by atoms with van der Waals surface area (Å²) in [4.78, 5) is 17.4. The summed E-state index contributed by atoms with van der Waals surface area (Å²) in [6.07, 6.45) is 5.52. The monoisotopic (exact) mass is 414 g/mol. The van der Waals surface area contributed by atoms with E-state index in [1.54, 1.807) is 0 Å². The molecule has 0 unspecified atom stereocenters. The summed E-state index contributed by atoms with van der Waals surface area (Å²) in [5.41, 5.74) is 3.12. The molecule has 1 aromatic rings. The van der Waals surface area contributed by atoms with Gasteiger partial charge < -0.3 is 10.0 Å². The molecule has 2 heterocycles. The molecule has 4 heteroatoms. The van der Waals surface area contributed by atoms with Crippen molar-refractivity contribution < 1.29 is 9.90 Å². The van der Waals surface area contributed by atoms with Gasteiger partial charge in [0.15, 0.2) is 0 Å². The zero-order valence-corrected chi connectivity index (χ0v) is 20.1. The standard InChI is InChI=1S/C26H42N2O2/c1-25(2,3)21-16-19(17-22(23(21)29)26(4,5)6)18-27-14-10-20(11-15-27)24(30)28-12-8-7-9-13-28/h16-17,20,29H,7-15,18H2,1-6H3. The second kappa shape index (κ2) is 8.90. The molecule has 0 aromatic heterocycles. The molecule has 1 amide bonds. The number of aromatic hydroxyl groups is 1. The highest BCUT2D eigenvalue weighted by Gasteiger charge is 2.30. The van der Waals surface area contributed by atoms with E-state index in [-0.39, 0.29) is 16.7 Å². The molecule has 0 spiro atoms. The number of rotatable bonds is 3. The molecule has 0 bridgehead atoms. The highest BCUT2D eigenvalue weighted by molar-refractivity contribution is 5.79. The molecule has 1 aromatic carbocycles. The van der Waals surface area contributed by atoms with Crippen LogP contribution in [-0.4, -0.2) is 47.0 Å². The average Bonchev–Trinajstić information content (AvgIpc) is 2.68. The summed E-state index contributed by atoms with van der Waals surface area (Å²) in [7, 11) is 0. The van der Waals surface area contributed by atoms with Crippen LogP contribution in [0.5, 0.6) is 5.75 Å². The van der Waals surface area contributed by atoms with E-state index in [0.29, 0.717) is 11.7 Å². The van der Waals surface area contributed by atoms with Crippen LogP contribution in [0.2, 0.25) is 0 Å². The van der Waals surface area contributed by atoms with E-state index < -0.39 is 0 Å². The van der Waals surface area contributed by atoms with Crippen molar-refractivity contribution in [1.29, 1.82) is 0 Å². The zero-order chi connectivity index (χ0) is 22.1. The minimum atomic E-state index is -0.103. The Morgan fingerprint density at radius 3 is 1.87 bits per heavy atom. The predicted octanol–water partition coefficient (Wildman–Crippen LogP) is 5.21. The van der Waals surface area contributed by atoms with Gasteiger partial charge in [-0.25, -0.2) is 0 Å². The largest absolute Gasteiger partial charge is 0.507 e. The van der Waals surface area contributed by atoms with Crippen LogP contribution in [0.3, 0.4) is 0 Å². The van der Waals surface area contributed by atoms with E-state index in [1.165, 1.54) is 12.0 Å². The number of nitrogens with zero attached hydrogens (tertiary/aromatic N) is 2. The van der Waals surface area contributed by atoms with Crippen molar-refractivity contribution in [2.45, 2.75) is 91.0 Å². The van der Waals surface area contributed by atoms with Gasteiger partial charge >= 0.3 is 0 Å². The van der Waals surface area contributed by atoms with Crippen molar-refractivity contribution in [2.24, 2.45) is 5.92 Å². The number of benzene rings is 1. The van der Waals surface area contributed by atoms with Gasteiger partial charge in [-0.15, -0.1) is 0 Å². The summed E-state index contributed by atoms with van der Waals surface area (Å²) in [6.45, 7) is 17.7. The van der Waals surface area contributed by atoms with Gasteiger partial charge in [0, 0.05) is 25.6 Å². The van der Waals surface area contributed by atoms with Gasteiger partial charge in [-0.2, -0.15) is 0 Å². The van der Waals surface area contributed by atoms with Gasteiger partial charge in [0.05, 0.1) is 0 Å². The summed E-state index contributed by atoms with van der Waals surface area (Å²) >= 11 is 0. The van der Waals surface area contributed by atoms with Crippen LogP contribution < -0.4 is 0 Å². The number of carbonyl (C=O) groups is 1. The Labute approximate surface area is 183 Å². The fourth-order valence-corrected chi connectivity index (χ4v) is 4.90. The highest BCUT2D eigenvalue weighted by Crippen LogP contribution is 2.40. The first-order valence-electron chi connectivity index (χ1n) is 11.8. The van der Waals surface area contributed by atoms with Crippen molar-refractivity contribution >= 4 is 5.91 Å². The van der Waals surface area contributed by atoms with Gasteiger partial charge in [-0.1, -0.05) is 53.7 Å². The maximum Gasteiger partial charge on any atom is 0.225 e. The van der Waals surface area contributed by atoms with Crippen LogP contribution in [0.15, 0.2) is 12.1 Å². The van der Waals surface area contributed by atoms with E-state index in [9.17, 15) is 9.90 Å². The van der Waals surface area contributed by atoms with Crippen LogP contribution >= 0.6 is 0 Å². The Morgan fingerprint density at radius 2 is 1.40 bits per heavy atom. The molecule has 30 heavy (non-hydrogen) atoms. The second-order valence-corrected chi connectivity index (χ2v) is 11.5. The van der Waals surface area contributed by atoms with Gasteiger partial charge in [-0.05, 0) is 72.7 Å². The first-order valence-corrected chi connectivity index (χ1v) is 11.8. The molecule has 0 saturated carbocycles. The van der Waals surface area contributed by atoms with Crippen molar-refractivity contribution in [2.75, 3.05) is 26.2 Å². The molecule has 168 valence electrons. The van der Waals surface area contributed by atoms with Crippen molar-refractivity contribution in [1.82, 2.24) is 9.80 Å². The molecule has 0 aliphatic carbocycles. The molecule has 4 nitrogen and oxygen atoms in total. The van der Waals surface area contributed by atoms with Crippen molar-refractivity contribution in [3.05, 3.63) is 28.8 Å². The third-order valence-electron chi connectivity index (χ3n) is 6.80. The Kier molecular flexibility index (Phi) is 6.86. The lowest BCUT2D eigenvalue weighted by Crippen LogP contribution is -2.44. The lowest BCUT2D eigenvalue weighted by molar-refractivity contribution is -0.138.